The first-order valence-corrected chi connectivity index (χ1v) is 7.93. The van der Waals surface area contributed by atoms with Gasteiger partial charge in [-0.2, -0.15) is 5.10 Å². The van der Waals surface area contributed by atoms with Gasteiger partial charge in [0.15, 0.2) is 11.5 Å². The first kappa shape index (κ1) is 15.2. The van der Waals surface area contributed by atoms with Gasteiger partial charge in [-0.3, -0.25) is 0 Å². The molecule has 0 aliphatic heterocycles. The molecule has 4 aromatic rings. The van der Waals surface area contributed by atoms with E-state index in [1.54, 1.807) is 18.5 Å². The van der Waals surface area contributed by atoms with E-state index in [1.807, 2.05) is 60.5 Å². The summed E-state index contributed by atoms with van der Waals surface area (Å²) in [5, 5.41) is 4.61. The van der Waals surface area contributed by atoms with E-state index in [9.17, 15) is 0 Å². The van der Waals surface area contributed by atoms with Gasteiger partial charge in [-0.05, 0) is 44.2 Å². The van der Waals surface area contributed by atoms with Gasteiger partial charge >= 0.3 is 0 Å². The zero-order valence-electron chi connectivity index (χ0n) is 14.2. The molecular formula is C18H17N7. The normalized spacial score (nSPS) is 11.6. The van der Waals surface area contributed by atoms with E-state index in [2.05, 4.69) is 25.0 Å². The van der Waals surface area contributed by atoms with Crippen molar-refractivity contribution in [3.8, 4) is 11.5 Å². The first-order chi connectivity index (χ1) is 12.1. The number of aromatic nitrogens is 7. The van der Waals surface area contributed by atoms with Crippen LogP contribution >= 0.6 is 0 Å². The Morgan fingerprint density at radius 2 is 1.80 bits per heavy atom. The fourth-order valence-electron chi connectivity index (χ4n) is 2.59. The molecule has 0 bridgehead atoms. The van der Waals surface area contributed by atoms with Crippen LogP contribution in [0.3, 0.4) is 0 Å². The predicted octanol–water partition coefficient (Wildman–Crippen LogP) is 2.71. The van der Waals surface area contributed by atoms with E-state index in [4.69, 9.17) is 0 Å². The van der Waals surface area contributed by atoms with Crippen LogP contribution in [0.4, 0.5) is 0 Å². The van der Waals surface area contributed by atoms with Crippen LogP contribution in [-0.2, 0) is 7.05 Å². The van der Waals surface area contributed by atoms with Crippen LogP contribution in [0.2, 0.25) is 0 Å². The third-order valence-corrected chi connectivity index (χ3v) is 4.07. The fraction of sp³-hybridized carbons (Fsp3) is 0.167. The molecule has 0 aromatic carbocycles. The van der Waals surface area contributed by atoms with E-state index in [0.29, 0.717) is 5.82 Å². The second kappa shape index (κ2) is 5.94. The molecule has 0 unspecified atom stereocenters. The molecule has 4 aromatic heterocycles. The minimum absolute atomic E-state index is 0.613. The van der Waals surface area contributed by atoms with E-state index >= 15 is 0 Å². The fourth-order valence-corrected chi connectivity index (χ4v) is 2.59. The zero-order chi connectivity index (χ0) is 17.4. The lowest BCUT2D eigenvalue weighted by atomic mass is 10.3. The summed E-state index contributed by atoms with van der Waals surface area (Å²) in [7, 11) is 1.94. The van der Waals surface area contributed by atoms with Gasteiger partial charge in [-0.25, -0.2) is 24.5 Å². The van der Waals surface area contributed by atoms with E-state index < -0.39 is 0 Å². The van der Waals surface area contributed by atoms with Crippen molar-refractivity contribution in [3.05, 3.63) is 59.7 Å². The predicted molar refractivity (Wildman–Crippen MR) is 95.6 cm³/mol. The number of rotatable bonds is 3. The van der Waals surface area contributed by atoms with Gasteiger partial charge in [0.05, 0.1) is 17.1 Å². The molecular weight excluding hydrogens is 314 g/mol. The Kier molecular flexibility index (Phi) is 3.61. The van der Waals surface area contributed by atoms with Crippen LogP contribution in [-0.4, -0.2) is 34.1 Å². The van der Waals surface area contributed by atoms with Crippen LogP contribution in [0, 0.1) is 13.8 Å². The van der Waals surface area contributed by atoms with E-state index in [1.165, 1.54) is 0 Å². The topological polar surface area (TPSA) is 73.8 Å². The highest BCUT2D eigenvalue weighted by molar-refractivity contribution is 5.66. The summed E-state index contributed by atoms with van der Waals surface area (Å²) in [6, 6.07) is 5.70. The Labute approximate surface area is 144 Å². The van der Waals surface area contributed by atoms with Crippen molar-refractivity contribution in [1.29, 1.82) is 0 Å². The molecule has 0 aliphatic carbocycles. The van der Waals surface area contributed by atoms with Crippen LogP contribution in [0.25, 0.3) is 29.3 Å². The highest BCUT2D eigenvalue weighted by Crippen LogP contribution is 2.15. The second-order valence-electron chi connectivity index (χ2n) is 5.81. The Hall–Kier alpha value is -3.35. The quantitative estimate of drug-likeness (QED) is 0.577. The summed E-state index contributed by atoms with van der Waals surface area (Å²) in [5.41, 5.74) is 4.48. The summed E-state index contributed by atoms with van der Waals surface area (Å²) in [6.45, 7) is 4.00. The van der Waals surface area contributed by atoms with Crippen molar-refractivity contribution >= 4 is 17.8 Å². The lowest BCUT2D eigenvalue weighted by Gasteiger charge is -1.98. The average Bonchev–Trinajstić information content (AvgIpc) is 3.14. The smallest absolute Gasteiger partial charge is 0.179 e. The third kappa shape index (κ3) is 2.80. The number of aryl methyl sites for hydroxylation is 3. The van der Waals surface area contributed by atoms with Crippen molar-refractivity contribution in [1.82, 2.24) is 34.1 Å². The standard InChI is InChI=1S/C18H17N7/c1-12-13(2)25-17(21-12)8-6-14(23-25)5-7-16-22-15(11-24(16)3)18-19-9-4-10-20-18/h4-11H,1-3H3/b7-5+. The molecule has 0 aliphatic rings. The molecule has 0 N–H and O–H groups in total. The summed E-state index contributed by atoms with van der Waals surface area (Å²) in [6.07, 6.45) is 9.20. The summed E-state index contributed by atoms with van der Waals surface area (Å²) >= 11 is 0. The molecule has 7 nitrogen and oxygen atoms in total. The molecule has 0 fully saturated rings. The summed E-state index contributed by atoms with van der Waals surface area (Å²) in [4.78, 5) is 17.5. The van der Waals surface area contributed by atoms with Gasteiger partial charge < -0.3 is 4.57 Å². The molecule has 0 spiro atoms. The Morgan fingerprint density at radius 3 is 2.60 bits per heavy atom. The summed E-state index contributed by atoms with van der Waals surface area (Å²) in [5.74, 6) is 1.42. The highest BCUT2D eigenvalue weighted by atomic mass is 15.3. The molecule has 0 atom stereocenters. The number of hydrogen-bond donors (Lipinski definition) is 0. The van der Waals surface area contributed by atoms with Crippen LogP contribution < -0.4 is 0 Å². The van der Waals surface area contributed by atoms with Gasteiger partial charge in [-0.1, -0.05) is 0 Å². The molecule has 0 radical (unpaired) electrons. The number of hydrogen-bond acceptors (Lipinski definition) is 5. The Morgan fingerprint density at radius 1 is 1.00 bits per heavy atom. The van der Waals surface area contributed by atoms with Crippen molar-refractivity contribution in [2.45, 2.75) is 13.8 Å². The monoisotopic (exact) mass is 331 g/mol. The first-order valence-electron chi connectivity index (χ1n) is 7.93. The maximum Gasteiger partial charge on any atom is 0.179 e. The minimum atomic E-state index is 0.613. The zero-order valence-corrected chi connectivity index (χ0v) is 14.2. The Balaban J connectivity index is 1.66. The van der Waals surface area contributed by atoms with Gasteiger partial charge in [0.1, 0.15) is 11.5 Å². The number of fused-ring (bicyclic) bond motifs is 1. The second-order valence-corrected chi connectivity index (χ2v) is 5.81. The van der Waals surface area contributed by atoms with Crippen LogP contribution in [0.1, 0.15) is 22.9 Å². The maximum absolute atomic E-state index is 4.61. The van der Waals surface area contributed by atoms with Gasteiger partial charge in [-0.15, -0.1) is 0 Å². The highest BCUT2D eigenvalue weighted by Gasteiger charge is 2.08. The van der Waals surface area contributed by atoms with Gasteiger partial charge in [0, 0.05) is 25.6 Å². The van der Waals surface area contributed by atoms with Gasteiger partial charge in [0.25, 0.3) is 0 Å². The van der Waals surface area contributed by atoms with E-state index in [0.717, 1.165) is 34.2 Å². The molecule has 25 heavy (non-hydrogen) atoms. The maximum atomic E-state index is 4.61. The van der Waals surface area contributed by atoms with Crippen molar-refractivity contribution in [2.24, 2.45) is 7.05 Å². The molecule has 0 saturated carbocycles. The number of imidazole rings is 2. The van der Waals surface area contributed by atoms with Crippen LogP contribution in [0.5, 0.6) is 0 Å². The number of nitrogens with zero attached hydrogens (tertiary/aromatic N) is 7. The minimum Gasteiger partial charge on any atom is -0.334 e. The van der Waals surface area contributed by atoms with Crippen molar-refractivity contribution in [3.63, 3.8) is 0 Å². The molecule has 0 saturated heterocycles. The molecule has 7 heteroatoms. The van der Waals surface area contributed by atoms with E-state index in [-0.39, 0.29) is 0 Å². The SMILES string of the molecule is Cc1nc2ccc(/C=C/c3nc(-c4ncccn4)cn3C)nn2c1C. The molecule has 4 rings (SSSR count). The summed E-state index contributed by atoms with van der Waals surface area (Å²) < 4.78 is 3.80. The van der Waals surface area contributed by atoms with Crippen molar-refractivity contribution < 1.29 is 0 Å². The molecule has 124 valence electrons. The molecule has 4 heterocycles. The average molecular weight is 331 g/mol. The lowest BCUT2D eigenvalue weighted by molar-refractivity contribution is 0.886. The van der Waals surface area contributed by atoms with Crippen molar-refractivity contribution in [2.75, 3.05) is 0 Å². The molecule has 0 amide bonds. The van der Waals surface area contributed by atoms with Gasteiger partial charge in [0.2, 0.25) is 0 Å². The van der Waals surface area contributed by atoms with Crippen LogP contribution in [0.15, 0.2) is 36.8 Å². The third-order valence-electron chi connectivity index (χ3n) is 4.07. The lowest BCUT2D eigenvalue weighted by Crippen LogP contribution is -1.96. The Bertz CT molecular complexity index is 1070. The largest absolute Gasteiger partial charge is 0.334 e.